The van der Waals surface area contributed by atoms with Crippen LogP contribution in [0.15, 0.2) is 118 Å². The molecule has 0 aliphatic carbocycles. The van der Waals surface area contributed by atoms with Crippen molar-refractivity contribution in [3.63, 3.8) is 0 Å². The molecule has 4 heterocycles. The summed E-state index contributed by atoms with van der Waals surface area (Å²) in [7, 11) is 26.5. The van der Waals surface area contributed by atoms with Gasteiger partial charge in [0.1, 0.15) is 116 Å². The number of rotatable bonds is 5. The molecule has 0 amide bonds. The van der Waals surface area contributed by atoms with Crippen LogP contribution in [0.25, 0.3) is 117 Å². The van der Waals surface area contributed by atoms with Crippen LogP contribution in [-0.4, -0.2) is 114 Å². The topological polar surface area (TPSA) is 69.9 Å². The summed E-state index contributed by atoms with van der Waals surface area (Å²) in [6, 6.07) is 38.8. The van der Waals surface area contributed by atoms with Gasteiger partial charge in [-0.2, -0.15) is 0 Å². The Labute approximate surface area is 411 Å². The van der Waals surface area contributed by atoms with E-state index in [1.807, 2.05) is 12.1 Å². The summed E-state index contributed by atoms with van der Waals surface area (Å²) in [6.07, 6.45) is 0. The molecule has 0 bridgehead atoms. The quantitative estimate of drug-likeness (QED) is 0.161. The molecule has 6 nitrogen and oxygen atoms in total. The van der Waals surface area contributed by atoms with Gasteiger partial charge in [0.2, 0.25) is 0 Å². The number of hydrogen-bond donors (Lipinski definition) is 0. The molecule has 0 saturated heterocycles. The Balaban J connectivity index is 1.11. The van der Waals surface area contributed by atoms with Crippen LogP contribution in [0.5, 0.6) is 0 Å². The molecule has 0 aliphatic heterocycles. The molecular formula is C51H42B12N4O2. The molecule has 0 N–H and O–H groups in total. The molecule has 0 fully saturated rings. The molecule has 0 radical (unpaired) electrons. The number of furan rings is 2. The highest BCUT2D eigenvalue weighted by atomic mass is 16.3. The standard InChI is InChI=1S/C51H42B12N4O2/c52-35-31-32-36(53)41(58)45(62)46(63)48(32)69-47(31)34(39(56)40(35)57)51-65-49(64-50(66-51)33-37(54)42(59)44(61)43(60)38(33)55)24-10-6-12-28-30(24)23-15-14-21(18-29(23)68-28)67-26-11-5-4-9-22(26)25-17-20(13-16-27(25)67)19-7-2-1-3-8-19/h1-18H,52-63H2. The Morgan fingerprint density at radius 3 is 1.67 bits per heavy atom. The maximum Gasteiger partial charge on any atom is 0.167 e. The van der Waals surface area contributed by atoms with Gasteiger partial charge in [-0.25, -0.2) is 15.0 Å². The van der Waals surface area contributed by atoms with Crippen LogP contribution >= 0.6 is 0 Å². The summed E-state index contributed by atoms with van der Waals surface area (Å²) >= 11 is 0. The van der Waals surface area contributed by atoms with E-state index in [0.717, 1.165) is 82.8 Å². The molecular weight excluding hydrogens is 830 g/mol. The second-order valence-electron chi connectivity index (χ2n) is 19.5. The third-order valence-corrected chi connectivity index (χ3v) is 16.3. The van der Waals surface area contributed by atoms with Crippen LogP contribution in [-0.2, 0) is 0 Å². The van der Waals surface area contributed by atoms with Crippen molar-refractivity contribution in [2.45, 2.75) is 0 Å². The van der Waals surface area contributed by atoms with Gasteiger partial charge in [-0.1, -0.05) is 110 Å². The number of benzene rings is 8. The van der Waals surface area contributed by atoms with Crippen LogP contribution in [0.2, 0.25) is 0 Å². The van der Waals surface area contributed by atoms with E-state index in [1.165, 1.54) is 81.9 Å². The summed E-state index contributed by atoms with van der Waals surface area (Å²) in [4.78, 5) is 16.5. The molecule has 0 atom stereocenters. The second kappa shape index (κ2) is 15.7. The van der Waals surface area contributed by atoms with Crippen LogP contribution in [0, 0.1) is 0 Å². The van der Waals surface area contributed by atoms with Crippen LogP contribution < -0.4 is 65.6 Å². The molecule has 69 heavy (non-hydrogen) atoms. The average molecular weight is 873 g/mol. The van der Waals surface area contributed by atoms with Crippen molar-refractivity contribution in [1.82, 2.24) is 19.5 Å². The summed E-state index contributed by atoms with van der Waals surface area (Å²) in [5.74, 6) is 1.82. The van der Waals surface area contributed by atoms with E-state index in [1.54, 1.807) is 0 Å². The Morgan fingerprint density at radius 2 is 0.928 bits per heavy atom. The summed E-state index contributed by atoms with van der Waals surface area (Å²) in [5.41, 5.74) is 26.4. The van der Waals surface area contributed by atoms with Gasteiger partial charge in [0.15, 0.2) is 17.5 Å². The molecule has 8 aromatic carbocycles. The molecule has 18 heteroatoms. The van der Waals surface area contributed by atoms with E-state index < -0.39 is 0 Å². The van der Waals surface area contributed by atoms with Crippen molar-refractivity contribution in [2.24, 2.45) is 0 Å². The zero-order chi connectivity index (χ0) is 47.9. The van der Waals surface area contributed by atoms with Crippen LogP contribution in [0.3, 0.4) is 0 Å². The first-order valence-electron chi connectivity index (χ1n) is 24.0. The number of aromatic nitrogens is 4. The minimum atomic E-state index is 0.583. The first kappa shape index (κ1) is 43.2. The van der Waals surface area contributed by atoms with Crippen molar-refractivity contribution in [3.8, 4) is 51.0 Å². The van der Waals surface area contributed by atoms with E-state index >= 15 is 0 Å². The van der Waals surface area contributed by atoms with Gasteiger partial charge in [0.25, 0.3) is 0 Å². The first-order chi connectivity index (χ1) is 33.2. The van der Waals surface area contributed by atoms with Crippen molar-refractivity contribution >= 4 is 225 Å². The minimum Gasteiger partial charge on any atom is -0.456 e. The normalized spacial score (nSPS) is 11.9. The predicted molar refractivity (Wildman–Crippen MR) is 329 cm³/mol. The number of hydrogen-bond acceptors (Lipinski definition) is 5. The molecule has 0 unspecified atom stereocenters. The SMILES string of the molecule is Bc1c(B)c(B)c(-c2nc(-c3c(B)c(B)c(B)c4c3oc3c(B)c(B)c(B)c(B)c34)nc(-c3cccc4oc5cc(-n6c7ccccc7c7cc(-c8ccccc8)ccc76)ccc5c34)n2)c(B)c1B. The molecule has 12 rings (SSSR count). The van der Waals surface area contributed by atoms with E-state index in [0.29, 0.717) is 17.5 Å². The van der Waals surface area contributed by atoms with Gasteiger partial charge in [-0.15, -0.1) is 21.9 Å². The Kier molecular flexibility index (Phi) is 9.87. The van der Waals surface area contributed by atoms with Gasteiger partial charge in [0.05, 0.1) is 16.6 Å². The first-order valence-corrected chi connectivity index (χ1v) is 24.0. The van der Waals surface area contributed by atoms with Gasteiger partial charge < -0.3 is 13.4 Å². The highest BCUT2D eigenvalue weighted by molar-refractivity contribution is 6.70. The second-order valence-corrected chi connectivity index (χ2v) is 19.5. The van der Waals surface area contributed by atoms with E-state index in [-0.39, 0.29) is 0 Å². The van der Waals surface area contributed by atoms with Gasteiger partial charge in [0, 0.05) is 55.2 Å². The predicted octanol–water partition coefficient (Wildman–Crippen LogP) is -7.46. The smallest absolute Gasteiger partial charge is 0.167 e. The summed E-state index contributed by atoms with van der Waals surface area (Å²) in [5, 5.41) is 6.67. The van der Waals surface area contributed by atoms with Crippen molar-refractivity contribution in [3.05, 3.63) is 109 Å². The third kappa shape index (κ3) is 6.26. The number of fused-ring (bicyclic) bond motifs is 9. The van der Waals surface area contributed by atoms with E-state index in [2.05, 4.69) is 196 Å². The monoisotopic (exact) mass is 874 g/mol. The average Bonchev–Trinajstić information content (AvgIpc) is 4.06. The lowest BCUT2D eigenvalue weighted by Gasteiger charge is -2.20. The largest absolute Gasteiger partial charge is 0.456 e. The fourth-order valence-corrected chi connectivity index (χ4v) is 11.4. The maximum absolute atomic E-state index is 7.11. The van der Waals surface area contributed by atoms with Crippen molar-refractivity contribution in [1.29, 1.82) is 0 Å². The maximum atomic E-state index is 7.11. The fourth-order valence-electron chi connectivity index (χ4n) is 11.4. The zero-order valence-electron chi connectivity index (χ0n) is 41.5. The highest BCUT2D eigenvalue weighted by Crippen LogP contribution is 2.40. The zero-order valence-corrected chi connectivity index (χ0v) is 41.5. The van der Waals surface area contributed by atoms with Crippen LogP contribution in [0.1, 0.15) is 0 Å². The van der Waals surface area contributed by atoms with Crippen molar-refractivity contribution in [2.75, 3.05) is 0 Å². The molecule has 0 aliphatic rings. The number of nitrogens with zero attached hydrogens (tertiary/aromatic N) is 4. The van der Waals surface area contributed by atoms with E-state index in [9.17, 15) is 0 Å². The van der Waals surface area contributed by atoms with E-state index in [4.69, 9.17) is 23.8 Å². The fraction of sp³-hybridized carbons (Fsp3) is 0. The summed E-state index contributed by atoms with van der Waals surface area (Å²) < 4.78 is 16.3. The molecule has 0 saturated carbocycles. The van der Waals surface area contributed by atoms with Gasteiger partial charge in [-0.3, -0.25) is 0 Å². The third-order valence-electron chi connectivity index (χ3n) is 16.3. The molecule has 12 aromatic rings. The molecule has 0 spiro atoms. The molecule has 314 valence electrons. The van der Waals surface area contributed by atoms with Gasteiger partial charge >= 0.3 is 0 Å². The minimum absolute atomic E-state index is 0.583. The Morgan fingerprint density at radius 1 is 0.348 bits per heavy atom. The van der Waals surface area contributed by atoms with Gasteiger partial charge in [-0.05, 0) is 47.5 Å². The van der Waals surface area contributed by atoms with Crippen molar-refractivity contribution < 1.29 is 8.83 Å². The summed E-state index contributed by atoms with van der Waals surface area (Å²) in [6.45, 7) is 0. The Bertz CT molecular complexity index is 4210. The molecule has 4 aromatic heterocycles. The van der Waals surface area contributed by atoms with Crippen LogP contribution in [0.4, 0.5) is 0 Å². The lowest BCUT2D eigenvalue weighted by atomic mass is 9.60. The Hall–Kier alpha value is -7.05. The number of para-hydroxylation sites is 1. The lowest BCUT2D eigenvalue weighted by molar-refractivity contribution is 0.668. The lowest BCUT2D eigenvalue weighted by Crippen LogP contribution is -2.55. The highest BCUT2D eigenvalue weighted by Gasteiger charge is 2.27.